The van der Waals surface area contributed by atoms with E-state index in [1.807, 2.05) is 12.1 Å². The number of methoxy groups -OCH3 is 1. The van der Waals surface area contributed by atoms with Gasteiger partial charge in [0.2, 0.25) is 5.95 Å². The highest BCUT2D eigenvalue weighted by Gasteiger charge is 2.56. The summed E-state index contributed by atoms with van der Waals surface area (Å²) in [6, 6.07) is 11.1. The number of aromatic nitrogens is 4. The van der Waals surface area contributed by atoms with E-state index in [4.69, 9.17) is 14.8 Å². The Balaban J connectivity index is 1.14. The van der Waals surface area contributed by atoms with Crippen molar-refractivity contribution in [3.05, 3.63) is 47.4 Å². The lowest BCUT2D eigenvalue weighted by molar-refractivity contribution is 0.413. The molecule has 1 N–H and O–H groups in total. The Morgan fingerprint density at radius 1 is 1.17 bits per heavy atom. The summed E-state index contributed by atoms with van der Waals surface area (Å²) < 4.78 is 11.8. The second-order valence-electron chi connectivity index (χ2n) is 8.69. The molecule has 3 aromatic rings. The van der Waals surface area contributed by atoms with Crippen molar-refractivity contribution in [1.82, 2.24) is 19.1 Å². The van der Waals surface area contributed by atoms with Crippen LogP contribution < -0.4 is 15.0 Å². The third-order valence-electron chi connectivity index (χ3n) is 6.81. The van der Waals surface area contributed by atoms with Gasteiger partial charge >= 0.3 is 0 Å². The van der Waals surface area contributed by atoms with Crippen molar-refractivity contribution in [2.24, 2.45) is 11.8 Å². The number of ether oxygens (including phenoxy) is 1. The Bertz CT molecular complexity index is 1050. The summed E-state index contributed by atoms with van der Waals surface area (Å²) in [6.07, 6.45) is 2.24. The lowest BCUT2D eigenvalue weighted by atomic mass is 9.91. The summed E-state index contributed by atoms with van der Waals surface area (Å²) in [5.74, 6) is 4.44. The zero-order valence-corrected chi connectivity index (χ0v) is 18.1. The van der Waals surface area contributed by atoms with Gasteiger partial charge in [0.25, 0.3) is 0 Å². The number of nitrogens with zero attached hydrogens (tertiary/aromatic N) is 5. The minimum absolute atomic E-state index is 0.302. The molecule has 0 amide bonds. The van der Waals surface area contributed by atoms with Crippen LogP contribution in [0.3, 0.4) is 0 Å². The molecule has 1 saturated heterocycles. The first kappa shape index (κ1) is 18.2. The van der Waals surface area contributed by atoms with Gasteiger partial charge in [-0.05, 0) is 55.1 Å². The summed E-state index contributed by atoms with van der Waals surface area (Å²) in [4.78, 5) is 7.40. The molecular formula is C22H26N6OS. The maximum absolute atomic E-state index is 5.30. The van der Waals surface area contributed by atoms with Gasteiger partial charge in [0.1, 0.15) is 16.6 Å². The Labute approximate surface area is 180 Å². The van der Waals surface area contributed by atoms with Gasteiger partial charge in [0.15, 0.2) is 0 Å². The maximum Gasteiger partial charge on any atom is 0.242 e. The third-order valence-corrected chi connectivity index (χ3v) is 7.75. The summed E-state index contributed by atoms with van der Waals surface area (Å²) in [6.45, 7) is 5.22. The zero-order valence-electron chi connectivity index (χ0n) is 17.3. The van der Waals surface area contributed by atoms with Crippen LogP contribution in [0.2, 0.25) is 0 Å². The number of nitrogens with one attached hydrogen (secondary N) is 1. The van der Waals surface area contributed by atoms with Crippen LogP contribution in [0.4, 0.5) is 10.9 Å². The van der Waals surface area contributed by atoms with E-state index < -0.39 is 0 Å². The maximum atomic E-state index is 5.30. The predicted molar refractivity (Wildman–Crippen MR) is 118 cm³/mol. The molecular weight excluding hydrogens is 396 g/mol. The monoisotopic (exact) mass is 422 g/mol. The molecule has 30 heavy (non-hydrogen) atoms. The molecule has 3 aliphatic rings. The molecule has 6 rings (SSSR count). The Morgan fingerprint density at radius 2 is 1.97 bits per heavy atom. The van der Waals surface area contributed by atoms with Crippen molar-refractivity contribution in [1.29, 1.82) is 0 Å². The summed E-state index contributed by atoms with van der Waals surface area (Å²) in [5, 5.41) is 9.74. The first-order valence-corrected chi connectivity index (χ1v) is 11.5. The molecule has 2 aliphatic heterocycles. The number of hydrogen-bond donors (Lipinski definition) is 1. The molecule has 1 aliphatic carbocycles. The summed E-state index contributed by atoms with van der Waals surface area (Å²) in [5.41, 5.74) is 2.40. The van der Waals surface area contributed by atoms with Crippen molar-refractivity contribution in [2.75, 3.05) is 30.4 Å². The van der Waals surface area contributed by atoms with Crippen LogP contribution in [0.1, 0.15) is 35.8 Å². The van der Waals surface area contributed by atoms with Gasteiger partial charge in [-0.25, -0.2) is 4.68 Å². The zero-order chi connectivity index (χ0) is 20.2. The molecule has 0 radical (unpaired) electrons. The standard InChI is InChI=1S/C22H26N6OS/c1-13-10-19(30-26-13)27-11-17-18(12-27)20(17)23-22-24-21-16(4-3-9-28(21)25-22)14-5-7-15(29-2)8-6-14/h5-8,10,16-18,20H,3-4,9,11-12H2,1-2H3,(H,23,25). The van der Waals surface area contributed by atoms with Crippen molar-refractivity contribution in [3.8, 4) is 5.75 Å². The topological polar surface area (TPSA) is 68.1 Å². The average Bonchev–Trinajstić information content (AvgIpc) is 3.22. The van der Waals surface area contributed by atoms with Crippen molar-refractivity contribution < 1.29 is 4.74 Å². The van der Waals surface area contributed by atoms with Crippen LogP contribution in [-0.2, 0) is 6.54 Å². The van der Waals surface area contributed by atoms with Gasteiger partial charge < -0.3 is 15.0 Å². The number of fused-ring (bicyclic) bond motifs is 2. The molecule has 4 heterocycles. The highest BCUT2D eigenvalue weighted by molar-refractivity contribution is 7.10. The molecule has 3 unspecified atom stereocenters. The average molecular weight is 423 g/mol. The second-order valence-corrected chi connectivity index (χ2v) is 9.48. The van der Waals surface area contributed by atoms with Gasteiger partial charge in [-0.1, -0.05) is 12.1 Å². The van der Waals surface area contributed by atoms with Crippen molar-refractivity contribution >= 4 is 22.5 Å². The molecule has 7 nitrogen and oxygen atoms in total. The minimum atomic E-state index is 0.302. The van der Waals surface area contributed by atoms with E-state index in [0.29, 0.717) is 23.8 Å². The molecule has 8 heteroatoms. The number of hydrogen-bond acceptors (Lipinski definition) is 7. The quantitative estimate of drug-likeness (QED) is 0.679. The molecule has 3 atom stereocenters. The molecule has 156 valence electrons. The van der Waals surface area contributed by atoms with E-state index in [2.05, 4.69) is 44.4 Å². The Morgan fingerprint density at radius 3 is 2.67 bits per heavy atom. The minimum Gasteiger partial charge on any atom is -0.497 e. The summed E-state index contributed by atoms with van der Waals surface area (Å²) in [7, 11) is 1.70. The van der Waals surface area contributed by atoms with E-state index in [1.54, 1.807) is 18.6 Å². The van der Waals surface area contributed by atoms with E-state index >= 15 is 0 Å². The van der Waals surface area contributed by atoms with Gasteiger partial charge in [0, 0.05) is 43.4 Å². The Hall–Kier alpha value is -2.61. The van der Waals surface area contributed by atoms with Gasteiger partial charge in [0.05, 0.1) is 12.8 Å². The van der Waals surface area contributed by atoms with E-state index in [1.165, 1.54) is 10.6 Å². The number of benzene rings is 1. The van der Waals surface area contributed by atoms with Crippen LogP contribution >= 0.6 is 11.5 Å². The first-order chi connectivity index (χ1) is 14.7. The lowest BCUT2D eigenvalue weighted by Gasteiger charge is -2.22. The highest BCUT2D eigenvalue weighted by atomic mass is 32.1. The van der Waals surface area contributed by atoms with Crippen LogP contribution in [0.15, 0.2) is 30.3 Å². The van der Waals surface area contributed by atoms with Crippen molar-refractivity contribution in [2.45, 2.75) is 38.3 Å². The van der Waals surface area contributed by atoms with E-state index in [0.717, 1.165) is 55.7 Å². The molecule has 1 aromatic carbocycles. The smallest absolute Gasteiger partial charge is 0.242 e. The van der Waals surface area contributed by atoms with Crippen LogP contribution in [-0.4, -0.2) is 45.4 Å². The fourth-order valence-electron chi connectivity index (χ4n) is 5.13. The molecule has 2 fully saturated rings. The van der Waals surface area contributed by atoms with Crippen molar-refractivity contribution in [3.63, 3.8) is 0 Å². The van der Waals surface area contributed by atoms with Crippen LogP contribution in [0, 0.1) is 18.8 Å². The van der Waals surface area contributed by atoms with Crippen LogP contribution in [0.25, 0.3) is 0 Å². The molecule has 2 aromatic heterocycles. The molecule has 1 saturated carbocycles. The largest absolute Gasteiger partial charge is 0.497 e. The Kier molecular flexibility index (Phi) is 4.23. The van der Waals surface area contributed by atoms with E-state index in [9.17, 15) is 0 Å². The number of anilines is 2. The predicted octanol–water partition coefficient (Wildman–Crippen LogP) is 3.52. The first-order valence-electron chi connectivity index (χ1n) is 10.7. The fourth-order valence-corrected chi connectivity index (χ4v) is 5.91. The SMILES string of the molecule is COc1ccc(C2CCCn3nc(NC4C5CN(c6cc(C)ns6)CC54)nc32)cc1. The summed E-state index contributed by atoms with van der Waals surface area (Å²) >= 11 is 1.61. The normalized spacial score (nSPS) is 26.9. The van der Waals surface area contributed by atoms with E-state index in [-0.39, 0.29) is 0 Å². The highest BCUT2D eigenvalue weighted by Crippen LogP contribution is 2.49. The van der Waals surface area contributed by atoms with Gasteiger partial charge in [-0.3, -0.25) is 0 Å². The number of rotatable bonds is 5. The number of piperidine rings is 1. The number of aryl methyl sites for hydroxylation is 2. The second kappa shape index (κ2) is 6.97. The van der Waals surface area contributed by atoms with Gasteiger partial charge in [-0.2, -0.15) is 9.36 Å². The molecule has 0 bridgehead atoms. The molecule has 0 spiro atoms. The van der Waals surface area contributed by atoms with Gasteiger partial charge in [-0.15, -0.1) is 5.10 Å². The fraction of sp³-hybridized carbons (Fsp3) is 0.500. The lowest BCUT2D eigenvalue weighted by Crippen LogP contribution is -2.27. The third kappa shape index (κ3) is 3.05. The van der Waals surface area contributed by atoms with Crippen LogP contribution in [0.5, 0.6) is 5.75 Å².